The van der Waals surface area contributed by atoms with E-state index in [4.69, 9.17) is 11.6 Å². The van der Waals surface area contributed by atoms with Gasteiger partial charge >= 0.3 is 0 Å². The van der Waals surface area contributed by atoms with Gasteiger partial charge in [0, 0.05) is 35.2 Å². The second-order valence-corrected chi connectivity index (χ2v) is 5.96. The number of aryl methyl sites for hydroxylation is 1. The van der Waals surface area contributed by atoms with Gasteiger partial charge in [0.25, 0.3) is 0 Å². The van der Waals surface area contributed by atoms with Crippen molar-refractivity contribution in [1.82, 2.24) is 9.47 Å². The molecule has 0 aliphatic carbocycles. The van der Waals surface area contributed by atoms with E-state index in [0.717, 1.165) is 11.6 Å². The summed E-state index contributed by atoms with van der Waals surface area (Å²) in [7, 11) is 2.14. The Kier molecular flexibility index (Phi) is 3.81. The molecule has 1 aliphatic heterocycles. The number of likely N-dealkylation sites (tertiary alicyclic amines) is 1. The van der Waals surface area contributed by atoms with Crippen molar-refractivity contribution in [2.75, 3.05) is 13.1 Å². The number of fused-ring (bicyclic) bond motifs is 1. The van der Waals surface area contributed by atoms with Crippen LogP contribution in [0.5, 0.6) is 0 Å². The largest absolute Gasteiger partial charge is 0.346 e. The summed E-state index contributed by atoms with van der Waals surface area (Å²) < 4.78 is 2.28. The van der Waals surface area contributed by atoms with E-state index in [9.17, 15) is 0 Å². The van der Waals surface area contributed by atoms with Crippen LogP contribution in [0.1, 0.15) is 31.4 Å². The summed E-state index contributed by atoms with van der Waals surface area (Å²) >= 11 is 6.28. The normalized spacial score (nSPS) is 17.8. The maximum atomic E-state index is 6.28. The molecule has 0 N–H and O–H groups in total. The zero-order valence-corrected chi connectivity index (χ0v) is 12.3. The average molecular weight is 277 g/mol. The van der Waals surface area contributed by atoms with E-state index >= 15 is 0 Å². The highest BCUT2D eigenvalue weighted by Gasteiger charge is 2.13. The summed E-state index contributed by atoms with van der Waals surface area (Å²) in [5, 5.41) is 2.03. The summed E-state index contributed by atoms with van der Waals surface area (Å²) in [6.07, 6.45) is 5.45. The van der Waals surface area contributed by atoms with Gasteiger partial charge in [0.05, 0.1) is 0 Å². The van der Waals surface area contributed by atoms with E-state index in [2.05, 4.69) is 28.6 Å². The molecule has 1 aromatic carbocycles. The molecule has 102 valence electrons. The van der Waals surface area contributed by atoms with Gasteiger partial charge in [-0.25, -0.2) is 0 Å². The lowest BCUT2D eigenvalue weighted by Gasteiger charge is -2.20. The first-order valence-corrected chi connectivity index (χ1v) is 7.58. The van der Waals surface area contributed by atoms with Crippen molar-refractivity contribution in [1.29, 1.82) is 0 Å². The van der Waals surface area contributed by atoms with Crippen LogP contribution in [0.3, 0.4) is 0 Å². The van der Waals surface area contributed by atoms with Gasteiger partial charge in [-0.15, -0.1) is 0 Å². The second kappa shape index (κ2) is 5.56. The van der Waals surface area contributed by atoms with Crippen molar-refractivity contribution in [3.05, 3.63) is 35.0 Å². The van der Waals surface area contributed by atoms with Crippen molar-refractivity contribution in [2.24, 2.45) is 7.05 Å². The lowest BCUT2D eigenvalue weighted by Crippen LogP contribution is -2.25. The standard InChI is InChI=1S/C16H21ClN2/c1-18-13(12-19-9-4-2-3-5-10-19)11-14-15(17)7-6-8-16(14)18/h6-8,11H,2-5,9-10,12H2,1H3. The SMILES string of the molecule is Cn1c(CN2CCCCCC2)cc2c(Cl)cccc21. The molecule has 3 rings (SSSR count). The summed E-state index contributed by atoms with van der Waals surface area (Å²) in [6.45, 7) is 3.51. The molecule has 2 aromatic rings. The Labute approximate surface area is 120 Å². The van der Waals surface area contributed by atoms with E-state index in [1.54, 1.807) is 0 Å². The first-order valence-electron chi connectivity index (χ1n) is 7.21. The Morgan fingerprint density at radius 3 is 2.53 bits per heavy atom. The molecule has 0 saturated carbocycles. The fourth-order valence-electron chi connectivity index (χ4n) is 3.05. The molecular weight excluding hydrogens is 256 g/mol. The second-order valence-electron chi connectivity index (χ2n) is 5.56. The van der Waals surface area contributed by atoms with Crippen molar-refractivity contribution in [3.63, 3.8) is 0 Å². The highest BCUT2D eigenvalue weighted by Crippen LogP contribution is 2.27. The molecular formula is C16H21ClN2. The van der Waals surface area contributed by atoms with Crippen LogP contribution in [0.2, 0.25) is 5.02 Å². The third-order valence-electron chi connectivity index (χ3n) is 4.22. The van der Waals surface area contributed by atoms with Crippen LogP contribution in [0.15, 0.2) is 24.3 Å². The summed E-state index contributed by atoms with van der Waals surface area (Å²) in [6, 6.07) is 8.40. The van der Waals surface area contributed by atoms with Gasteiger partial charge in [-0.2, -0.15) is 0 Å². The lowest BCUT2D eigenvalue weighted by molar-refractivity contribution is 0.271. The summed E-state index contributed by atoms with van der Waals surface area (Å²) in [5.41, 5.74) is 2.60. The maximum absolute atomic E-state index is 6.28. The molecule has 0 unspecified atom stereocenters. The van der Waals surface area contributed by atoms with Gasteiger partial charge < -0.3 is 4.57 Å². The highest BCUT2D eigenvalue weighted by atomic mass is 35.5. The molecule has 1 aliphatic rings. The van der Waals surface area contributed by atoms with Gasteiger partial charge in [-0.05, 0) is 44.1 Å². The van der Waals surface area contributed by atoms with Crippen LogP contribution in [0.4, 0.5) is 0 Å². The van der Waals surface area contributed by atoms with Gasteiger partial charge in [0.1, 0.15) is 0 Å². The fourth-order valence-corrected chi connectivity index (χ4v) is 3.28. The predicted molar refractivity (Wildman–Crippen MR) is 81.7 cm³/mol. The van der Waals surface area contributed by atoms with E-state index in [0.29, 0.717) is 0 Å². The van der Waals surface area contributed by atoms with Crippen LogP contribution >= 0.6 is 11.6 Å². The lowest BCUT2D eigenvalue weighted by atomic mass is 10.2. The minimum atomic E-state index is 0.857. The number of aromatic nitrogens is 1. The first-order chi connectivity index (χ1) is 9.25. The molecule has 1 fully saturated rings. The zero-order valence-electron chi connectivity index (χ0n) is 11.5. The molecule has 0 atom stereocenters. The smallest absolute Gasteiger partial charge is 0.0499 e. The summed E-state index contributed by atoms with van der Waals surface area (Å²) in [4.78, 5) is 2.58. The van der Waals surface area contributed by atoms with Crippen molar-refractivity contribution in [2.45, 2.75) is 32.2 Å². The first kappa shape index (κ1) is 13.0. The molecule has 1 aromatic heterocycles. The summed E-state index contributed by atoms with van der Waals surface area (Å²) in [5.74, 6) is 0. The number of nitrogens with zero attached hydrogens (tertiary/aromatic N) is 2. The predicted octanol–water partition coefficient (Wildman–Crippen LogP) is 4.21. The van der Waals surface area contributed by atoms with Gasteiger partial charge in [-0.1, -0.05) is 30.5 Å². The van der Waals surface area contributed by atoms with E-state index in [1.807, 2.05) is 12.1 Å². The van der Waals surface area contributed by atoms with Crippen molar-refractivity contribution < 1.29 is 0 Å². The molecule has 1 saturated heterocycles. The molecule has 2 nitrogen and oxygen atoms in total. The van der Waals surface area contributed by atoms with E-state index in [1.165, 1.54) is 55.4 Å². The van der Waals surface area contributed by atoms with Gasteiger partial charge in [0.2, 0.25) is 0 Å². The highest BCUT2D eigenvalue weighted by molar-refractivity contribution is 6.35. The Morgan fingerprint density at radius 1 is 1.11 bits per heavy atom. The Balaban J connectivity index is 1.88. The quantitative estimate of drug-likeness (QED) is 0.798. The van der Waals surface area contributed by atoms with Crippen LogP contribution in [0.25, 0.3) is 10.9 Å². The Morgan fingerprint density at radius 2 is 1.84 bits per heavy atom. The van der Waals surface area contributed by atoms with Crippen molar-refractivity contribution >= 4 is 22.5 Å². The minimum Gasteiger partial charge on any atom is -0.346 e. The fraction of sp³-hybridized carbons (Fsp3) is 0.500. The zero-order chi connectivity index (χ0) is 13.2. The topological polar surface area (TPSA) is 8.17 Å². The van der Waals surface area contributed by atoms with Crippen LogP contribution < -0.4 is 0 Å². The molecule has 2 heterocycles. The number of hydrogen-bond donors (Lipinski definition) is 0. The number of halogens is 1. The maximum Gasteiger partial charge on any atom is 0.0499 e. The van der Waals surface area contributed by atoms with Crippen LogP contribution in [-0.2, 0) is 13.6 Å². The minimum absolute atomic E-state index is 0.857. The Bertz CT molecular complexity index is 565. The molecule has 0 radical (unpaired) electrons. The van der Waals surface area contributed by atoms with E-state index < -0.39 is 0 Å². The van der Waals surface area contributed by atoms with Gasteiger partial charge in [0.15, 0.2) is 0 Å². The third kappa shape index (κ3) is 2.65. The third-order valence-corrected chi connectivity index (χ3v) is 4.55. The van der Waals surface area contributed by atoms with Crippen molar-refractivity contribution in [3.8, 4) is 0 Å². The molecule has 0 amide bonds. The van der Waals surface area contributed by atoms with Gasteiger partial charge in [-0.3, -0.25) is 4.90 Å². The molecule has 3 heteroatoms. The van der Waals surface area contributed by atoms with Crippen LogP contribution in [-0.4, -0.2) is 22.6 Å². The number of rotatable bonds is 2. The monoisotopic (exact) mass is 276 g/mol. The molecule has 0 spiro atoms. The van der Waals surface area contributed by atoms with E-state index in [-0.39, 0.29) is 0 Å². The average Bonchev–Trinajstić information content (AvgIpc) is 2.60. The number of hydrogen-bond acceptors (Lipinski definition) is 1. The molecule has 19 heavy (non-hydrogen) atoms. The molecule has 0 bridgehead atoms. The van der Waals surface area contributed by atoms with Crippen LogP contribution in [0, 0.1) is 0 Å². The Hall–Kier alpha value is -0.990. The number of benzene rings is 1.